The molecule has 1 atom stereocenters. The Morgan fingerprint density at radius 2 is 1.68 bits per heavy atom. The molecule has 0 radical (unpaired) electrons. The Hall–Kier alpha value is -2.89. The zero-order valence-electron chi connectivity index (χ0n) is 14.5. The van der Waals surface area contributed by atoms with Crippen LogP contribution in [0.3, 0.4) is 0 Å². The molecule has 0 heterocycles. The summed E-state index contributed by atoms with van der Waals surface area (Å²) < 4.78 is 13.8. The summed E-state index contributed by atoms with van der Waals surface area (Å²) in [7, 11) is 0. The number of halogens is 1. The molecule has 2 aromatic rings. The normalized spacial score (nSPS) is 11.7. The maximum Gasteiger partial charge on any atom is 0.319 e. The van der Waals surface area contributed by atoms with E-state index in [4.69, 9.17) is 0 Å². The van der Waals surface area contributed by atoms with Crippen LogP contribution in [0.2, 0.25) is 0 Å². The van der Waals surface area contributed by atoms with Gasteiger partial charge >= 0.3 is 6.03 Å². The predicted molar refractivity (Wildman–Crippen MR) is 97.0 cm³/mol. The lowest BCUT2D eigenvalue weighted by molar-refractivity contribution is -0.118. The molecule has 0 spiro atoms. The van der Waals surface area contributed by atoms with Crippen molar-refractivity contribution in [2.45, 2.75) is 26.8 Å². The van der Waals surface area contributed by atoms with Gasteiger partial charge in [0.15, 0.2) is 0 Å². The minimum absolute atomic E-state index is 0.0981. The molecule has 5 nitrogen and oxygen atoms in total. The van der Waals surface area contributed by atoms with Crippen LogP contribution in [-0.4, -0.2) is 18.0 Å². The van der Waals surface area contributed by atoms with Gasteiger partial charge in [0.2, 0.25) is 5.91 Å². The number of hydrogen-bond donors (Lipinski definition) is 3. The first-order chi connectivity index (χ1) is 11.9. The lowest BCUT2D eigenvalue weighted by Crippen LogP contribution is -2.48. The highest BCUT2D eigenvalue weighted by atomic mass is 19.1. The van der Waals surface area contributed by atoms with Crippen molar-refractivity contribution >= 4 is 23.3 Å². The topological polar surface area (TPSA) is 70.2 Å². The number of rotatable bonds is 5. The molecule has 25 heavy (non-hydrogen) atoms. The second-order valence-corrected chi connectivity index (χ2v) is 6.16. The average molecular weight is 343 g/mol. The zero-order chi connectivity index (χ0) is 18.4. The second-order valence-electron chi connectivity index (χ2n) is 6.16. The average Bonchev–Trinajstić information content (AvgIpc) is 2.56. The van der Waals surface area contributed by atoms with Gasteiger partial charge in [-0.3, -0.25) is 4.79 Å². The molecule has 0 saturated carbocycles. The van der Waals surface area contributed by atoms with Gasteiger partial charge in [0.05, 0.1) is 5.69 Å². The molecule has 3 N–H and O–H groups in total. The van der Waals surface area contributed by atoms with Crippen molar-refractivity contribution in [3.05, 3.63) is 59.9 Å². The van der Waals surface area contributed by atoms with Gasteiger partial charge in [-0.1, -0.05) is 38.1 Å². The van der Waals surface area contributed by atoms with E-state index in [9.17, 15) is 14.0 Å². The molecule has 0 fully saturated rings. The van der Waals surface area contributed by atoms with Gasteiger partial charge in [-0.2, -0.15) is 0 Å². The number of para-hydroxylation sites is 1. The van der Waals surface area contributed by atoms with Crippen LogP contribution >= 0.6 is 0 Å². The van der Waals surface area contributed by atoms with Gasteiger partial charge in [-0.15, -0.1) is 0 Å². The van der Waals surface area contributed by atoms with E-state index in [1.807, 2.05) is 6.07 Å². The largest absolute Gasteiger partial charge is 0.326 e. The van der Waals surface area contributed by atoms with Gasteiger partial charge in [0, 0.05) is 5.69 Å². The molecule has 0 saturated heterocycles. The van der Waals surface area contributed by atoms with Crippen molar-refractivity contribution < 1.29 is 14.0 Å². The predicted octanol–water partition coefficient (Wildman–Crippen LogP) is 3.92. The SMILES string of the molecule is Cc1ccc(F)c(NC(=O)C(NC(=O)Nc2ccccc2)C(C)C)c1. The lowest BCUT2D eigenvalue weighted by Gasteiger charge is -2.22. The Bertz CT molecular complexity index is 748. The van der Waals surface area contributed by atoms with Crippen molar-refractivity contribution in [3.63, 3.8) is 0 Å². The van der Waals surface area contributed by atoms with Crippen molar-refractivity contribution in [1.29, 1.82) is 0 Å². The standard InChI is InChI=1S/C19H22FN3O2/c1-12(2)17(23-19(25)21-14-7-5-4-6-8-14)18(24)22-16-11-13(3)9-10-15(16)20/h4-12,17H,1-3H3,(H,22,24)(H2,21,23,25). The van der Waals surface area contributed by atoms with Crippen LogP contribution in [0.4, 0.5) is 20.6 Å². The molecular formula is C19H22FN3O2. The van der Waals surface area contributed by atoms with Gasteiger partial charge in [-0.25, -0.2) is 9.18 Å². The molecule has 0 aromatic heterocycles. The summed E-state index contributed by atoms with van der Waals surface area (Å²) >= 11 is 0. The molecule has 2 rings (SSSR count). The molecule has 2 aromatic carbocycles. The summed E-state index contributed by atoms with van der Waals surface area (Å²) in [6, 6.07) is 12.1. The molecule has 0 aliphatic carbocycles. The Labute approximate surface area is 146 Å². The van der Waals surface area contributed by atoms with Crippen LogP contribution in [0.15, 0.2) is 48.5 Å². The highest BCUT2D eigenvalue weighted by Gasteiger charge is 2.25. The van der Waals surface area contributed by atoms with Gasteiger partial charge in [-0.05, 0) is 42.7 Å². The molecule has 0 aliphatic heterocycles. The van der Waals surface area contributed by atoms with E-state index in [1.165, 1.54) is 6.07 Å². The number of benzene rings is 2. The lowest BCUT2D eigenvalue weighted by atomic mass is 10.0. The fourth-order valence-electron chi connectivity index (χ4n) is 2.31. The Morgan fingerprint density at radius 1 is 1.00 bits per heavy atom. The van der Waals surface area contributed by atoms with Crippen LogP contribution in [0.25, 0.3) is 0 Å². The smallest absolute Gasteiger partial charge is 0.319 e. The number of aryl methyl sites for hydroxylation is 1. The van der Waals surface area contributed by atoms with Crippen LogP contribution in [0.5, 0.6) is 0 Å². The maximum absolute atomic E-state index is 13.8. The second kappa shape index (κ2) is 8.28. The molecule has 1 unspecified atom stereocenters. The van der Waals surface area contributed by atoms with Crippen LogP contribution in [0, 0.1) is 18.7 Å². The van der Waals surface area contributed by atoms with Crippen molar-refractivity contribution in [2.24, 2.45) is 5.92 Å². The monoisotopic (exact) mass is 343 g/mol. The highest BCUT2D eigenvalue weighted by Crippen LogP contribution is 2.17. The summed E-state index contributed by atoms with van der Waals surface area (Å²) in [6.07, 6.45) is 0. The molecule has 3 amide bonds. The van der Waals surface area contributed by atoms with E-state index in [1.54, 1.807) is 57.2 Å². The van der Waals surface area contributed by atoms with Crippen LogP contribution in [-0.2, 0) is 4.79 Å². The number of nitrogens with one attached hydrogen (secondary N) is 3. The molecule has 0 aliphatic rings. The highest BCUT2D eigenvalue weighted by molar-refractivity contribution is 5.99. The van der Waals surface area contributed by atoms with E-state index < -0.39 is 23.8 Å². The van der Waals surface area contributed by atoms with Gasteiger partial charge < -0.3 is 16.0 Å². The minimum Gasteiger partial charge on any atom is -0.326 e. The van der Waals surface area contributed by atoms with Crippen LogP contribution < -0.4 is 16.0 Å². The zero-order valence-corrected chi connectivity index (χ0v) is 14.5. The summed E-state index contributed by atoms with van der Waals surface area (Å²) in [5, 5.41) is 7.84. The number of hydrogen-bond acceptors (Lipinski definition) is 2. The molecular weight excluding hydrogens is 321 g/mol. The first-order valence-electron chi connectivity index (χ1n) is 8.06. The fourth-order valence-corrected chi connectivity index (χ4v) is 2.31. The number of carbonyl (C=O) groups excluding carboxylic acids is 2. The summed E-state index contributed by atoms with van der Waals surface area (Å²) in [6.45, 7) is 5.42. The number of urea groups is 1. The van der Waals surface area contributed by atoms with Gasteiger partial charge in [0.25, 0.3) is 0 Å². The first-order valence-corrected chi connectivity index (χ1v) is 8.06. The number of anilines is 2. The third-order valence-corrected chi connectivity index (χ3v) is 3.65. The molecule has 132 valence electrons. The van der Waals surface area contributed by atoms with E-state index in [0.717, 1.165) is 5.56 Å². The summed E-state index contributed by atoms with van der Waals surface area (Å²) in [4.78, 5) is 24.6. The van der Waals surface area contributed by atoms with E-state index in [0.29, 0.717) is 5.69 Å². The molecule has 0 bridgehead atoms. The van der Waals surface area contributed by atoms with Crippen molar-refractivity contribution in [1.82, 2.24) is 5.32 Å². The van der Waals surface area contributed by atoms with E-state index >= 15 is 0 Å². The number of amides is 3. The quantitative estimate of drug-likeness (QED) is 0.770. The van der Waals surface area contributed by atoms with E-state index in [-0.39, 0.29) is 11.6 Å². The van der Waals surface area contributed by atoms with Crippen LogP contribution in [0.1, 0.15) is 19.4 Å². The summed E-state index contributed by atoms with van der Waals surface area (Å²) in [5.41, 5.74) is 1.54. The van der Waals surface area contributed by atoms with E-state index in [2.05, 4.69) is 16.0 Å². The van der Waals surface area contributed by atoms with Crippen molar-refractivity contribution in [2.75, 3.05) is 10.6 Å². The molecule has 6 heteroatoms. The fraction of sp³-hybridized carbons (Fsp3) is 0.263. The minimum atomic E-state index is -0.802. The summed E-state index contributed by atoms with van der Waals surface area (Å²) in [5.74, 6) is -1.16. The Kier molecular flexibility index (Phi) is 6.11. The third kappa shape index (κ3) is 5.31. The third-order valence-electron chi connectivity index (χ3n) is 3.65. The Morgan fingerprint density at radius 3 is 2.32 bits per heavy atom. The first kappa shape index (κ1) is 18.4. The van der Waals surface area contributed by atoms with Gasteiger partial charge in [0.1, 0.15) is 11.9 Å². The maximum atomic E-state index is 13.8. The Balaban J connectivity index is 2.05. The van der Waals surface area contributed by atoms with Crippen molar-refractivity contribution in [3.8, 4) is 0 Å². The number of carbonyl (C=O) groups is 2.